The SMILES string of the molecule is CC(=O)NC1(c2ccccc2)CCN(Cc2ccccc2)CC1. The fourth-order valence-corrected chi connectivity index (χ4v) is 3.51. The minimum Gasteiger partial charge on any atom is -0.347 e. The summed E-state index contributed by atoms with van der Waals surface area (Å²) in [5.41, 5.74) is 2.34. The van der Waals surface area contributed by atoms with Gasteiger partial charge in [0.15, 0.2) is 0 Å². The van der Waals surface area contributed by atoms with E-state index in [0.29, 0.717) is 0 Å². The Hall–Kier alpha value is -2.13. The summed E-state index contributed by atoms with van der Waals surface area (Å²) >= 11 is 0. The molecule has 1 amide bonds. The maximum absolute atomic E-state index is 11.7. The van der Waals surface area contributed by atoms with Gasteiger partial charge in [0, 0.05) is 26.6 Å². The lowest BCUT2D eigenvalue weighted by Crippen LogP contribution is -2.52. The molecule has 1 heterocycles. The average molecular weight is 308 g/mol. The van der Waals surface area contributed by atoms with Crippen molar-refractivity contribution < 1.29 is 4.79 Å². The van der Waals surface area contributed by atoms with E-state index in [0.717, 1.165) is 32.5 Å². The van der Waals surface area contributed by atoms with Gasteiger partial charge in [0.05, 0.1) is 5.54 Å². The molecule has 0 atom stereocenters. The van der Waals surface area contributed by atoms with Gasteiger partial charge in [-0.15, -0.1) is 0 Å². The van der Waals surface area contributed by atoms with Crippen molar-refractivity contribution in [2.24, 2.45) is 0 Å². The van der Waals surface area contributed by atoms with Gasteiger partial charge in [0.2, 0.25) is 5.91 Å². The Morgan fingerprint density at radius 3 is 2.13 bits per heavy atom. The zero-order valence-electron chi connectivity index (χ0n) is 13.7. The normalized spacial score (nSPS) is 17.6. The smallest absolute Gasteiger partial charge is 0.217 e. The molecule has 1 N–H and O–H groups in total. The highest BCUT2D eigenvalue weighted by molar-refractivity contribution is 5.74. The van der Waals surface area contributed by atoms with Crippen molar-refractivity contribution in [3.05, 3.63) is 71.8 Å². The van der Waals surface area contributed by atoms with Crippen molar-refractivity contribution in [2.75, 3.05) is 13.1 Å². The van der Waals surface area contributed by atoms with Crippen LogP contribution in [0.2, 0.25) is 0 Å². The molecular formula is C20H24N2O. The second-order valence-electron chi connectivity index (χ2n) is 6.39. The van der Waals surface area contributed by atoms with Crippen molar-refractivity contribution in [2.45, 2.75) is 31.8 Å². The average Bonchev–Trinajstić information content (AvgIpc) is 2.58. The maximum Gasteiger partial charge on any atom is 0.217 e. The number of piperidine rings is 1. The van der Waals surface area contributed by atoms with E-state index in [4.69, 9.17) is 0 Å². The van der Waals surface area contributed by atoms with Gasteiger partial charge in [-0.25, -0.2) is 0 Å². The molecule has 2 aromatic rings. The van der Waals surface area contributed by atoms with Crippen LogP contribution in [0.15, 0.2) is 60.7 Å². The second-order valence-corrected chi connectivity index (χ2v) is 6.39. The van der Waals surface area contributed by atoms with Gasteiger partial charge < -0.3 is 5.32 Å². The molecule has 1 aliphatic heterocycles. The van der Waals surface area contributed by atoms with Crippen molar-refractivity contribution in [1.29, 1.82) is 0 Å². The van der Waals surface area contributed by atoms with E-state index in [1.807, 2.05) is 6.07 Å². The molecule has 0 unspecified atom stereocenters. The van der Waals surface area contributed by atoms with Crippen molar-refractivity contribution in [3.8, 4) is 0 Å². The number of nitrogens with one attached hydrogen (secondary N) is 1. The number of nitrogens with zero attached hydrogens (tertiary/aromatic N) is 1. The summed E-state index contributed by atoms with van der Waals surface area (Å²) in [5, 5.41) is 3.23. The number of hydrogen-bond acceptors (Lipinski definition) is 2. The van der Waals surface area contributed by atoms with Crippen LogP contribution in [0.1, 0.15) is 30.9 Å². The van der Waals surface area contributed by atoms with Gasteiger partial charge in [-0.1, -0.05) is 60.7 Å². The van der Waals surface area contributed by atoms with Gasteiger partial charge in [-0.05, 0) is 24.0 Å². The highest BCUT2D eigenvalue weighted by Gasteiger charge is 2.36. The molecule has 0 spiro atoms. The van der Waals surface area contributed by atoms with Gasteiger partial charge >= 0.3 is 0 Å². The standard InChI is InChI=1S/C20H24N2O/c1-17(23)21-20(19-10-6-3-7-11-19)12-14-22(15-13-20)16-18-8-4-2-5-9-18/h2-11H,12-16H2,1H3,(H,21,23). The van der Waals surface area contributed by atoms with Crippen molar-refractivity contribution in [3.63, 3.8) is 0 Å². The Labute approximate surface area is 138 Å². The van der Waals surface area contributed by atoms with E-state index < -0.39 is 0 Å². The summed E-state index contributed by atoms with van der Waals surface area (Å²) in [7, 11) is 0. The lowest BCUT2D eigenvalue weighted by Gasteiger charge is -2.42. The van der Waals surface area contributed by atoms with E-state index in [2.05, 4.69) is 64.8 Å². The minimum atomic E-state index is -0.222. The molecule has 3 nitrogen and oxygen atoms in total. The zero-order valence-corrected chi connectivity index (χ0v) is 13.7. The molecule has 3 rings (SSSR count). The van der Waals surface area contributed by atoms with Crippen LogP contribution in [-0.2, 0) is 16.9 Å². The van der Waals surface area contributed by atoms with Gasteiger partial charge in [-0.2, -0.15) is 0 Å². The van der Waals surface area contributed by atoms with Crippen LogP contribution in [0.4, 0.5) is 0 Å². The first kappa shape index (κ1) is 15.8. The molecular weight excluding hydrogens is 284 g/mol. The van der Waals surface area contributed by atoms with Crippen molar-refractivity contribution in [1.82, 2.24) is 10.2 Å². The van der Waals surface area contributed by atoms with Crippen LogP contribution in [0.3, 0.4) is 0 Å². The van der Waals surface area contributed by atoms with E-state index in [1.54, 1.807) is 6.92 Å². The van der Waals surface area contributed by atoms with Crippen LogP contribution in [-0.4, -0.2) is 23.9 Å². The van der Waals surface area contributed by atoms with E-state index in [1.165, 1.54) is 11.1 Å². The van der Waals surface area contributed by atoms with Crippen LogP contribution < -0.4 is 5.32 Å². The van der Waals surface area contributed by atoms with E-state index >= 15 is 0 Å². The summed E-state index contributed by atoms with van der Waals surface area (Å²) in [4.78, 5) is 14.2. The molecule has 0 bridgehead atoms. The Kier molecular flexibility index (Phi) is 4.77. The highest BCUT2D eigenvalue weighted by Crippen LogP contribution is 2.33. The molecule has 0 radical (unpaired) electrons. The van der Waals surface area contributed by atoms with E-state index in [9.17, 15) is 4.79 Å². The Balaban J connectivity index is 1.71. The molecule has 1 aliphatic rings. The van der Waals surface area contributed by atoms with Gasteiger partial charge in [0.25, 0.3) is 0 Å². The first-order valence-electron chi connectivity index (χ1n) is 8.28. The topological polar surface area (TPSA) is 32.3 Å². The molecule has 23 heavy (non-hydrogen) atoms. The highest BCUT2D eigenvalue weighted by atomic mass is 16.1. The predicted molar refractivity (Wildman–Crippen MR) is 92.9 cm³/mol. The summed E-state index contributed by atoms with van der Waals surface area (Å²) in [6.45, 7) is 4.57. The number of hydrogen-bond donors (Lipinski definition) is 1. The van der Waals surface area contributed by atoms with E-state index in [-0.39, 0.29) is 11.4 Å². The summed E-state index contributed by atoms with van der Waals surface area (Å²) in [5.74, 6) is 0.0466. The quantitative estimate of drug-likeness (QED) is 0.940. The molecule has 1 fully saturated rings. The third-order valence-electron chi connectivity index (χ3n) is 4.70. The number of rotatable bonds is 4. The van der Waals surface area contributed by atoms with Crippen LogP contribution >= 0.6 is 0 Å². The third-order valence-corrected chi connectivity index (χ3v) is 4.70. The molecule has 0 aromatic heterocycles. The zero-order chi connectivity index (χ0) is 16.1. The number of benzene rings is 2. The molecule has 0 aliphatic carbocycles. The predicted octanol–water partition coefficient (Wildman–Crippen LogP) is 3.31. The summed E-state index contributed by atoms with van der Waals surface area (Å²) < 4.78 is 0. The van der Waals surface area contributed by atoms with Gasteiger partial charge in [0.1, 0.15) is 0 Å². The Morgan fingerprint density at radius 1 is 1.00 bits per heavy atom. The molecule has 2 aromatic carbocycles. The number of carbonyl (C=O) groups excluding carboxylic acids is 1. The molecule has 120 valence electrons. The van der Waals surface area contributed by atoms with Crippen LogP contribution in [0.5, 0.6) is 0 Å². The third kappa shape index (κ3) is 3.80. The van der Waals surface area contributed by atoms with Crippen LogP contribution in [0, 0.1) is 0 Å². The second kappa shape index (κ2) is 6.97. The maximum atomic E-state index is 11.7. The summed E-state index contributed by atoms with van der Waals surface area (Å²) in [6.07, 6.45) is 1.90. The number of likely N-dealkylation sites (tertiary alicyclic amines) is 1. The Morgan fingerprint density at radius 2 is 1.57 bits per heavy atom. The molecule has 0 saturated carbocycles. The molecule has 3 heteroatoms. The lowest BCUT2D eigenvalue weighted by molar-refractivity contribution is -0.121. The first-order valence-corrected chi connectivity index (χ1v) is 8.28. The first-order chi connectivity index (χ1) is 11.2. The molecule has 1 saturated heterocycles. The van der Waals surface area contributed by atoms with Crippen molar-refractivity contribution >= 4 is 5.91 Å². The minimum absolute atomic E-state index is 0.0466. The summed E-state index contributed by atoms with van der Waals surface area (Å²) in [6, 6.07) is 21.0. The fraction of sp³-hybridized carbons (Fsp3) is 0.350. The number of amides is 1. The number of carbonyl (C=O) groups is 1. The van der Waals surface area contributed by atoms with Gasteiger partial charge in [-0.3, -0.25) is 9.69 Å². The lowest BCUT2D eigenvalue weighted by atomic mass is 9.80. The Bertz CT molecular complexity index is 631. The largest absolute Gasteiger partial charge is 0.347 e. The van der Waals surface area contributed by atoms with Crippen LogP contribution in [0.25, 0.3) is 0 Å². The monoisotopic (exact) mass is 308 g/mol. The fourth-order valence-electron chi connectivity index (χ4n) is 3.51.